The Labute approximate surface area is 134 Å². The number of benzene rings is 2. The first-order valence-electron chi connectivity index (χ1n) is 5.82. The van der Waals surface area contributed by atoms with E-state index in [1.807, 2.05) is 43.4 Å². The lowest BCUT2D eigenvalue weighted by molar-refractivity contribution is 0.108. The molecule has 0 fully saturated rings. The van der Waals surface area contributed by atoms with Crippen LogP contribution in [0.4, 0.5) is 5.69 Å². The number of nitrogens with zero attached hydrogens (tertiary/aromatic N) is 1. The average molecular weight is 331 g/mol. The van der Waals surface area contributed by atoms with Crippen LogP contribution in [0.2, 0.25) is 5.02 Å². The topological polar surface area (TPSA) is 20.3 Å². The molecule has 0 saturated heterocycles. The molecule has 5 heteroatoms. The van der Waals surface area contributed by atoms with Crippen molar-refractivity contribution in [1.82, 2.24) is 0 Å². The molecule has 0 aliphatic carbocycles. The van der Waals surface area contributed by atoms with E-state index in [-0.39, 0.29) is 12.4 Å². The van der Waals surface area contributed by atoms with E-state index >= 15 is 0 Å². The van der Waals surface area contributed by atoms with Crippen molar-refractivity contribution in [2.45, 2.75) is 6.54 Å². The van der Waals surface area contributed by atoms with E-state index in [1.54, 1.807) is 12.1 Å². The number of anilines is 1. The lowest BCUT2D eigenvalue weighted by atomic mass is 10.1. The van der Waals surface area contributed by atoms with Crippen molar-refractivity contribution in [3.8, 4) is 0 Å². The molecule has 0 spiro atoms. The summed E-state index contributed by atoms with van der Waals surface area (Å²) in [7, 11) is 2.00. The Morgan fingerprint density at radius 2 is 1.60 bits per heavy atom. The number of rotatable bonds is 4. The van der Waals surface area contributed by atoms with Crippen LogP contribution in [-0.2, 0) is 6.54 Å². The van der Waals surface area contributed by atoms with Gasteiger partial charge in [-0.05, 0) is 53.6 Å². The molecule has 0 heterocycles. The Kier molecular flexibility index (Phi) is 6.34. The summed E-state index contributed by atoms with van der Waals surface area (Å²) in [5.74, 6) is 0. The summed E-state index contributed by atoms with van der Waals surface area (Å²) in [6.45, 7) is 0.748. The molecule has 2 aromatic rings. The smallest absolute Gasteiger partial charge is 0.252 e. The van der Waals surface area contributed by atoms with Crippen molar-refractivity contribution in [3.05, 3.63) is 64.7 Å². The minimum atomic E-state index is -0.433. The van der Waals surface area contributed by atoms with Crippen molar-refractivity contribution in [1.29, 1.82) is 0 Å². The van der Waals surface area contributed by atoms with E-state index in [2.05, 4.69) is 4.90 Å². The third kappa shape index (κ3) is 4.41. The Hall–Kier alpha value is -1.22. The van der Waals surface area contributed by atoms with Crippen LogP contribution in [0.15, 0.2) is 48.5 Å². The summed E-state index contributed by atoms with van der Waals surface area (Å²) in [4.78, 5) is 13.1. The Morgan fingerprint density at radius 3 is 2.10 bits per heavy atom. The molecule has 2 rings (SSSR count). The maximum Gasteiger partial charge on any atom is 0.252 e. The van der Waals surface area contributed by atoms with Gasteiger partial charge in [0.2, 0.25) is 0 Å². The van der Waals surface area contributed by atoms with Crippen LogP contribution in [-0.4, -0.2) is 12.3 Å². The minimum Gasteiger partial charge on any atom is -0.370 e. The van der Waals surface area contributed by atoms with Gasteiger partial charge in [-0.2, -0.15) is 0 Å². The zero-order chi connectivity index (χ0) is 13.8. The summed E-state index contributed by atoms with van der Waals surface area (Å²) in [5.41, 5.74) is 2.71. The van der Waals surface area contributed by atoms with Gasteiger partial charge >= 0.3 is 0 Å². The summed E-state index contributed by atoms with van der Waals surface area (Å²) >= 11 is 11.3. The van der Waals surface area contributed by atoms with Crippen LogP contribution in [0.1, 0.15) is 15.9 Å². The Bertz CT molecular complexity index is 567. The zero-order valence-corrected chi connectivity index (χ0v) is 13.2. The first kappa shape index (κ1) is 16.8. The summed E-state index contributed by atoms with van der Waals surface area (Å²) < 4.78 is 0. The fourth-order valence-corrected chi connectivity index (χ4v) is 2.05. The molecule has 0 aliphatic heterocycles. The van der Waals surface area contributed by atoms with Gasteiger partial charge in [0.25, 0.3) is 5.24 Å². The normalized spacial score (nSPS) is 9.75. The SMILES string of the molecule is CN(Cc1ccc(C(=O)Cl)cc1)c1ccc(Cl)cc1.Cl. The molecule has 0 bridgehead atoms. The van der Waals surface area contributed by atoms with Crippen molar-refractivity contribution < 1.29 is 4.79 Å². The first-order chi connectivity index (χ1) is 9.06. The number of halogens is 3. The van der Waals surface area contributed by atoms with E-state index in [4.69, 9.17) is 23.2 Å². The summed E-state index contributed by atoms with van der Waals surface area (Å²) in [5, 5.41) is 0.291. The molecule has 0 aromatic heterocycles. The number of hydrogen-bond acceptors (Lipinski definition) is 2. The molecular formula is C15H14Cl3NO. The Morgan fingerprint density at radius 1 is 1.05 bits per heavy atom. The van der Waals surface area contributed by atoms with Gasteiger partial charge in [0.15, 0.2) is 0 Å². The Balaban J connectivity index is 0.00000200. The highest BCUT2D eigenvalue weighted by atomic mass is 35.5. The fraction of sp³-hybridized carbons (Fsp3) is 0.133. The molecule has 0 unspecified atom stereocenters. The highest BCUT2D eigenvalue weighted by Gasteiger charge is 2.04. The predicted octanol–water partition coefficient (Wildman–Crippen LogP) is 4.78. The summed E-state index contributed by atoms with van der Waals surface area (Å²) in [6.07, 6.45) is 0. The number of carbonyl (C=O) groups excluding carboxylic acids is 1. The van der Waals surface area contributed by atoms with Gasteiger partial charge in [0.05, 0.1) is 0 Å². The molecule has 20 heavy (non-hydrogen) atoms. The second kappa shape index (κ2) is 7.53. The van der Waals surface area contributed by atoms with Crippen LogP contribution in [0.5, 0.6) is 0 Å². The van der Waals surface area contributed by atoms with Crippen molar-refractivity contribution >= 4 is 46.5 Å². The first-order valence-corrected chi connectivity index (χ1v) is 6.57. The van der Waals surface area contributed by atoms with Crippen molar-refractivity contribution in [3.63, 3.8) is 0 Å². The van der Waals surface area contributed by atoms with E-state index in [1.165, 1.54) is 0 Å². The molecule has 0 atom stereocenters. The second-order valence-corrected chi connectivity index (χ2v) is 5.08. The van der Waals surface area contributed by atoms with Crippen molar-refractivity contribution in [2.24, 2.45) is 0 Å². The van der Waals surface area contributed by atoms with Crippen LogP contribution in [0.3, 0.4) is 0 Å². The summed E-state index contributed by atoms with van der Waals surface area (Å²) in [6, 6.07) is 15.0. The average Bonchev–Trinajstić information content (AvgIpc) is 2.40. The van der Waals surface area contributed by atoms with Crippen LogP contribution >= 0.6 is 35.6 Å². The maximum atomic E-state index is 11.0. The molecule has 0 amide bonds. The van der Waals surface area contributed by atoms with Gasteiger partial charge in [-0.25, -0.2) is 0 Å². The van der Waals surface area contributed by atoms with Gasteiger partial charge < -0.3 is 4.90 Å². The van der Waals surface area contributed by atoms with Crippen LogP contribution in [0.25, 0.3) is 0 Å². The highest BCUT2D eigenvalue weighted by Crippen LogP contribution is 2.19. The molecule has 106 valence electrons. The van der Waals surface area contributed by atoms with E-state index in [9.17, 15) is 4.79 Å². The minimum absolute atomic E-state index is 0. The molecule has 0 saturated carbocycles. The molecule has 2 aromatic carbocycles. The fourth-order valence-electron chi connectivity index (χ4n) is 1.80. The van der Waals surface area contributed by atoms with E-state index in [0.29, 0.717) is 5.56 Å². The molecule has 0 N–H and O–H groups in total. The quantitative estimate of drug-likeness (QED) is 0.752. The molecular weight excluding hydrogens is 317 g/mol. The number of hydrogen-bond donors (Lipinski definition) is 0. The third-order valence-corrected chi connectivity index (χ3v) is 3.34. The van der Waals surface area contributed by atoms with Gasteiger partial charge in [0.1, 0.15) is 0 Å². The zero-order valence-electron chi connectivity index (χ0n) is 10.8. The predicted molar refractivity (Wildman–Crippen MR) is 87.4 cm³/mol. The highest BCUT2D eigenvalue weighted by molar-refractivity contribution is 6.67. The van der Waals surface area contributed by atoms with Crippen LogP contribution < -0.4 is 4.90 Å². The lowest BCUT2D eigenvalue weighted by Gasteiger charge is -2.19. The number of carbonyl (C=O) groups is 1. The largest absolute Gasteiger partial charge is 0.370 e. The van der Waals surface area contributed by atoms with Gasteiger partial charge in [-0.1, -0.05) is 23.7 Å². The van der Waals surface area contributed by atoms with E-state index < -0.39 is 5.24 Å². The van der Waals surface area contributed by atoms with Crippen LogP contribution in [0, 0.1) is 0 Å². The van der Waals surface area contributed by atoms with Crippen molar-refractivity contribution in [2.75, 3.05) is 11.9 Å². The van der Waals surface area contributed by atoms with Gasteiger partial charge in [-0.15, -0.1) is 12.4 Å². The standard InChI is InChI=1S/C15H13Cl2NO.ClH/c1-18(14-8-6-13(16)7-9-14)10-11-2-4-12(5-3-11)15(17)19;/h2-9H,10H2,1H3;1H. The van der Waals surface area contributed by atoms with Gasteiger partial charge in [-0.3, -0.25) is 4.79 Å². The maximum absolute atomic E-state index is 11.0. The monoisotopic (exact) mass is 329 g/mol. The molecule has 0 aliphatic rings. The van der Waals surface area contributed by atoms with Gasteiger partial charge in [0, 0.05) is 29.9 Å². The molecule has 2 nitrogen and oxygen atoms in total. The third-order valence-electron chi connectivity index (χ3n) is 2.87. The molecule has 0 radical (unpaired) electrons. The lowest BCUT2D eigenvalue weighted by Crippen LogP contribution is -2.16. The second-order valence-electron chi connectivity index (χ2n) is 4.30. The van der Waals surface area contributed by atoms with E-state index in [0.717, 1.165) is 22.8 Å².